The van der Waals surface area contributed by atoms with Crippen LogP contribution in [0.1, 0.15) is 69.8 Å². The molecule has 2 saturated heterocycles. The summed E-state index contributed by atoms with van der Waals surface area (Å²) in [4.78, 5) is 31.8. The molecule has 5 rings (SSSR count). The fourth-order valence-electron chi connectivity index (χ4n) is 5.95. The molecule has 0 atom stereocenters. The predicted octanol–water partition coefficient (Wildman–Crippen LogP) is 5.86. The number of ether oxygens (including phenoxy) is 2. The number of nitrogens with zero attached hydrogens (tertiary/aromatic N) is 3. The normalized spacial score (nSPS) is 19.4. The minimum atomic E-state index is -0.216. The molecule has 0 aliphatic carbocycles. The van der Waals surface area contributed by atoms with E-state index < -0.39 is 0 Å². The van der Waals surface area contributed by atoms with Gasteiger partial charge < -0.3 is 19.3 Å². The number of carbonyl (C=O) groups excluding carboxylic acids is 2. The van der Waals surface area contributed by atoms with Crippen LogP contribution in [0.5, 0.6) is 5.75 Å². The maximum Gasteiger partial charge on any atom is 0.409 e. The van der Waals surface area contributed by atoms with Crippen LogP contribution in [0, 0.1) is 5.41 Å². The Balaban J connectivity index is 1.17. The molecule has 2 aromatic carbocycles. The van der Waals surface area contributed by atoms with Gasteiger partial charge in [-0.15, -0.1) is 0 Å². The first-order valence-electron chi connectivity index (χ1n) is 14.9. The van der Waals surface area contributed by atoms with Crippen LogP contribution in [0.25, 0.3) is 11.1 Å². The second kappa shape index (κ2) is 11.4. The molecule has 40 heavy (non-hydrogen) atoms. The summed E-state index contributed by atoms with van der Waals surface area (Å²) in [5.74, 6) is 1.07. The van der Waals surface area contributed by atoms with Crippen molar-refractivity contribution in [2.24, 2.45) is 5.41 Å². The largest absolute Gasteiger partial charge is 0.487 e. The summed E-state index contributed by atoms with van der Waals surface area (Å²) in [5.41, 5.74) is 3.96. The van der Waals surface area contributed by atoms with Crippen molar-refractivity contribution >= 4 is 12.0 Å². The Morgan fingerprint density at radius 1 is 0.875 bits per heavy atom. The first kappa shape index (κ1) is 28.5. The number of piperazine rings is 1. The van der Waals surface area contributed by atoms with Crippen LogP contribution in [0.4, 0.5) is 4.79 Å². The van der Waals surface area contributed by atoms with E-state index in [1.165, 1.54) is 5.56 Å². The molecule has 0 radical (unpaired) electrons. The lowest BCUT2D eigenvalue weighted by Gasteiger charge is -2.44. The SMILES string of the molecule is CC(C)N1CCN(C(=O)c2ccc(-c3ccc4c(c3)CCC3(CCN(C(=O)OCC(C)(C)C)CC3)O4)cc2)CC1. The van der Waals surface area contributed by atoms with Crippen molar-refractivity contribution in [1.29, 1.82) is 0 Å². The van der Waals surface area contributed by atoms with Crippen molar-refractivity contribution in [3.05, 3.63) is 53.6 Å². The topological polar surface area (TPSA) is 62.3 Å². The highest BCUT2D eigenvalue weighted by Gasteiger charge is 2.41. The summed E-state index contributed by atoms with van der Waals surface area (Å²) in [6, 6.07) is 15.0. The van der Waals surface area contributed by atoms with Gasteiger partial charge in [0.15, 0.2) is 0 Å². The van der Waals surface area contributed by atoms with E-state index in [1.807, 2.05) is 21.9 Å². The van der Waals surface area contributed by atoms with Gasteiger partial charge in [0.25, 0.3) is 5.91 Å². The molecule has 3 aliphatic heterocycles. The average molecular weight is 548 g/mol. The van der Waals surface area contributed by atoms with E-state index in [2.05, 4.69) is 69.9 Å². The number of likely N-dealkylation sites (tertiary alicyclic amines) is 1. The molecule has 2 aromatic rings. The quantitative estimate of drug-likeness (QED) is 0.480. The number of benzene rings is 2. The number of rotatable bonds is 4. The zero-order chi connectivity index (χ0) is 28.5. The van der Waals surface area contributed by atoms with E-state index >= 15 is 0 Å². The molecule has 0 saturated carbocycles. The van der Waals surface area contributed by atoms with Gasteiger partial charge in [-0.1, -0.05) is 39.0 Å². The van der Waals surface area contributed by atoms with Crippen LogP contribution in [0.15, 0.2) is 42.5 Å². The Kier molecular flexibility index (Phi) is 8.14. The highest BCUT2D eigenvalue weighted by Crippen LogP contribution is 2.41. The molecular formula is C33H45N3O4. The molecule has 3 heterocycles. The van der Waals surface area contributed by atoms with Crippen LogP contribution in [0.2, 0.25) is 0 Å². The van der Waals surface area contributed by atoms with Gasteiger partial charge in [-0.05, 0) is 73.1 Å². The van der Waals surface area contributed by atoms with E-state index in [0.29, 0.717) is 25.7 Å². The third kappa shape index (κ3) is 6.46. The van der Waals surface area contributed by atoms with Crippen molar-refractivity contribution in [3.63, 3.8) is 0 Å². The number of hydrogen-bond donors (Lipinski definition) is 0. The van der Waals surface area contributed by atoms with E-state index in [1.54, 1.807) is 0 Å². The Labute approximate surface area is 239 Å². The van der Waals surface area contributed by atoms with Gasteiger partial charge in [-0.2, -0.15) is 0 Å². The number of carbonyl (C=O) groups is 2. The van der Waals surface area contributed by atoms with Crippen LogP contribution >= 0.6 is 0 Å². The fourth-order valence-corrected chi connectivity index (χ4v) is 5.95. The van der Waals surface area contributed by atoms with E-state index in [-0.39, 0.29) is 23.0 Å². The van der Waals surface area contributed by atoms with E-state index in [9.17, 15) is 9.59 Å². The maximum absolute atomic E-state index is 13.1. The predicted molar refractivity (Wildman–Crippen MR) is 158 cm³/mol. The molecule has 0 bridgehead atoms. The zero-order valence-corrected chi connectivity index (χ0v) is 24.9. The van der Waals surface area contributed by atoms with Gasteiger partial charge in [0.1, 0.15) is 11.4 Å². The van der Waals surface area contributed by atoms with Crippen LogP contribution < -0.4 is 4.74 Å². The lowest BCUT2D eigenvalue weighted by molar-refractivity contribution is -0.0171. The van der Waals surface area contributed by atoms with Gasteiger partial charge in [0.2, 0.25) is 0 Å². The summed E-state index contributed by atoms with van der Waals surface area (Å²) < 4.78 is 12.1. The van der Waals surface area contributed by atoms with Gasteiger partial charge in [-0.25, -0.2) is 4.79 Å². The second-order valence-corrected chi connectivity index (χ2v) is 13.2. The smallest absolute Gasteiger partial charge is 0.409 e. The molecule has 7 heteroatoms. The molecule has 0 unspecified atom stereocenters. The number of piperidine rings is 1. The van der Waals surface area contributed by atoms with Gasteiger partial charge in [0.05, 0.1) is 6.61 Å². The van der Waals surface area contributed by atoms with Gasteiger partial charge >= 0.3 is 6.09 Å². The third-order valence-electron chi connectivity index (χ3n) is 8.60. The summed E-state index contributed by atoms with van der Waals surface area (Å²) in [6.07, 6.45) is 3.33. The van der Waals surface area contributed by atoms with Crippen molar-refractivity contribution in [2.75, 3.05) is 45.9 Å². The van der Waals surface area contributed by atoms with Crippen LogP contribution in [-0.4, -0.2) is 84.2 Å². The summed E-state index contributed by atoms with van der Waals surface area (Å²) in [7, 11) is 0. The molecule has 1 spiro atoms. The Hall–Kier alpha value is -3.06. The molecular weight excluding hydrogens is 502 g/mol. The van der Waals surface area contributed by atoms with E-state index in [4.69, 9.17) is 9.47 Å². The second-order valence-electron chi connectivity index (χ2n) is 13.2. The lowest BCUT2D eigenvalue weighted by atomic mass is 9.82. The highest BCUT2D eigenvalue weighted by molar-refractivity contribution is 5.94. The lowest BCUT2D eigenvalue weighted by Crippen LogP contribution is -2.51. The summed E-state index contributed by atoms with van der Waals surface area (Å²) >= 11 is 0. The summed E-state index contributed by atoms with van der Waals surface area (Å²) in [6.45, 7) is 15.8. The molecule has 0 aromatic heterocycles. The minimum Gasteiger partial charge on any atom is -0.487 e. The number of amides is 2. The average Bonchev–Trinajstić information content (AvgIpc) is 2.95. The summed E-state index contributed by atoms with van der Waals surface area (Å²) in [5, 5.41) is 0. The first-order valence-corrected chi connectivity index (χ1v) is 14.9. The van der Waals surface area contributed by atoms with Crippen molar-refractivity contribution in [1.82, 2.24) is 14.7 Å². The fraction of sp³-hybridized carbons (Fsp3) is 0.576. The third-order valence-corrected chi connectivity index (χ3v) is 8.60. The van der Waals surface area contributed by atoms with Gasteiger partial charge in [-0.3, -0.25) is 9.69 Å². The number of fused-ring (bicyclic) bond motifs is 1. The number of aryl methyl sites for hydroxylation is 1. The highest BCUT2D eigenvalue weighted by atomic mass is 16.6. The molecule has 2 fully saturated rings. The van der Waals surface area contributed by atoms with Crippen LogP contribution in [0.3, 0.4) is 0 Å². The van der Waals surface area contributed by atoms with Crippen LogP contribution in [-0.2, 0) is 11.2 Å². The zero-order valence-electron chi connectivity index (χ0n) is 24.9. The van der Waals surface area contributed by atoms with Crippen molar-refractivity contribution in [3.8, 4) is 16.9 Å². The molecule has 0 N–H and O–H groups in total. The first-order chi connectivity index (χ1) is 19.0. The molecule has 216 valence electrons. The Bertz CT molecular complexity index is 1200. The Morgan fingerprint density at radius 2 is 1.52 bits per heavy atom. The minimum absolute atomic E-state index is 0.0373. The monoisotopic (exact) mass is 547 g/mol. The molecule has 3 aliphatic rings. The maximum atomic E-state index is 13.1. The Morgan fingerprint density at radius 3 is 2.15 bits per heavy atom. The molecule has 2 amide bonds. The standard InChI is InChI=1S/C33H45N3O4/c1-24(2)34-18-20-35(21-19-34)30(37)26-8-6-25(7-9-26)27-10-11-29-28(22-27)12-13-33(40-29)14-16-36(17-15-33)31(38)39-23-32(3,4)5/h6-11,22,24H,12-21,23H2,1-5H3. The van der Waals surface area contributed by atoms with Gasteiger partial charge in [0, 0.05) is 63.7 Å². The van der Waals surface area contributed by atoms with E-state index in [0.717, 1.165) is 74.3 Å². The van der Waals surface area contributed by atoms with Crippen molar-refractivity contribution < 1.29 is 19.1 Å². The number of hydrogen-bond acceptors (Lipinski definition) is 5. The molecule has 7 nitrogen and oxygen atoms in total. The van der Waals surface area contributed by atoms with Crippen molar-refractivity contribution in [2.45, 2.75) is 71.9 Å².